The van der Waals surface area contributed by atoms with Gasteiger partial charge in [-0.15, -0.1) is 69.7 Å². The van der Waals surface area contributed by atoms with E-state index in [-0.39, 0.29) is 0 Å². The minimum absolute atomic E-state index is 1.05. The van der Waals surface area contributed by atoms with Crippen LogP contribution in [0.5, 0.6) is 0 Å². The lowest BCUT2D eigenvalue weighted by atomic mass is 10.3. The van der Waals surface area contributed by atoms with Crippen LogP contribution in [0.1, 0.15) is 27.7 Å². The molecule has 0 aliphatic rings. The summed E-state index contributed by atoms with van der Waals surface area (Å²) in [4.78, 5) is 5.93. The quantitative estimate of drug-likeness (QED) is 0.309. The van der Waals surface area contributed by atoms with E-state index < -0.39 is 0 Å². The summed E-state index contributed by atoms with van der Waals surface area (Å²) in [6.07, 6.45) is 0. The van der Waals surface area contributed by atoms with Crippen LogP contribution < -0.4 is 0 Å². The molecule has 0 bridgehead atoms. The summed E-state index contributed by atoms with van der Waals surface area (Å²) < 4.78 is 3.90. The maximum absolute atomic E-state index is 5.52. The Bertz CT molecular complexity index is 627. The van der Waals surface area contributed by atoms with Gasteiger partial charge >= 0.3 is 0 Å². The Morgan fingerprint density at radius 2 is 0.955 bits per heavy atom. The van der Waals surface area contributed by atoms with E-state index in [2.05, 4.69) is 27.7 Å². The first-order chi connectivity index (χ1) is 10.7. The van der Waals surface area contributed by atoms with E-state index in [9.17, 15) is 0 Å². The second kappa shape index (κ2) is 9.59. The van der Waals surface area contributed by atoms with Gasteiger partial charge in [0.1, 0.15) is 3.14 Å². The molecule has 0 saturated carbocycles. The molecule has 0 N–H and O–H groups in total. The highest BCUT2D eigenvalue weighted by Crippen LogP contribution is 2.52. The van der Waals surface area contributed by atoms with E-state index in [1.54, 1.807) is 22.7 Å². The Labute approximate surface area is 163 Å². The summed E-state index contributed by atoms with van der Waals surface area (Å²) >= 11 is 17.1. The van der Waals surface area contributed by atoms with Crippen LogP contribution in [0.2, 0.25) is 0 Å². The SMILES string of the molecule is CCSc1c(SCC)c(SCC)c2sc(=S)sc2c1SCC. The van der Waals surface area contributed by atoms with Gasteiger partial charge in [0.2, 0.25) is 0 Å². The largest absolute Gasteiger partial charge is 0.144 e. The van der Waals surface area contributed by atoms with Crippen molar-refractivity contribution in [3.05, 3.63) is 3.14 Å². The van der Waals surface area contributed by atoms with E-state index in [0.717, 1.165) is 26.1 Å². The summed E-state index contributed by atoms with van der Waals surface area (Å²) in [7, 11) is 0. The molecule has 2 rings (SSSR count). The van der Waals surface area contributed by atoms with Crippen LogP contribution in [0.25, 0.3) is 9.40 Å². The van der Waals surface area contributed by atoms with E-state index in [1.807, 2.05) is 47.0 Å². The highest BCUT2D eigenvalue weighted by atomic mass is 32.2. The third-order valence-electron chi connectivity index (χ3n) is 2.76. The molecule has 7 heteroatoms. The van der Waals surface area contributed by atoms with Crippen LogP contribution in [-0.4, -0.2) is 23.0 Å². The summed E-state index contributed by atoms with van der Waals surface area (Å²) in [5.41, 5.74) is 0. The van der Waals surface area contributed by atoms with Crippen molar-refractivity contribution < 1.29 is 0 Å². The zero-order valence-corrected chi connectivity index (χ0v) is 18.9. The van der Waals surface area contributed by atoms with Gasteiger partial charge in [0.25, 0.3) is 0 Å². The Morgan fingerprint density at radius 1 is 0.636 bits per heavy atom. The van der Waals surface area contributed by atoms with Crippen LogP contribution in [0, 0.1) is 3.14 Å². The molecule has 0 aliphatic heterocycles. The van der Waals surface area contributed by atoms with Crippen molar-refractivity contribution in [1.29, 1.82) is 0 Å². The van der Waals surface area contributed by atoms with Gasteiger partial charge in [0, 0.05) is 19.6 Å². The average molecular weight is 425 g/mol. The predicted octanol–water partition coefficient (Wildman–Crippen LogP) is 8.14. The maximum Gasteiger partial charge on any atom is 0.144 e. The normalized spacial score (nSPS) is 11.5. The maximum atomic E-state index is 5.52. The van der Waals surface area contributed by atoms with Crippen LogP contribution in [-0.2, 0) is 0 Å². The molecule has 0 radical (unpaired) electrons. The molecule has 0 unspecified atom stereocenters. The van der Waals surface area contributed by atoms with Crippen LogP contribution in [0.15, 0.2) is 19.6 Å². The second-order valence-corrected chi connectivity index (χ2v) is 12.5. The Balaban J connectivity index is 2.84. The molecule has 0 atom stereocenters. The van der Waals surface area contributed by atoms with Crippen molar-refractivity contribution in [2.75, 3.05) is 23.0 Å². The zero-order valence-electron chi connectivity index (χ0n) is 13.2. The van der Waals surface area contributed by atoms with Crippen molar-refractivity contribution >= 4 is 91.3 Å². The zero-order chi connectivity index (χ0) is 16.1. The number of fused-ring (bicyclic) bond motifs is 1. The van der Waals surface area contributed by atoms with E-state index >= 15 is 0 Å². The standard InChI is InChI=1S/C15H20S7/c1-5-17-9-10(18-6-2)12(20-8-4)14-13(11(9)19-7-3)21-15(16)22-14/h5-8H2,1-4H3. The first-order valence-corrected chi connectivity index (χ1v) is 13.3. The topological polar surface area (TPSA) is 0 Å². The van der Waals surface area contributed by atoms with E-state index in [0.29, 0.717) is 0 Å². The lowest BCUT2D eigenvalue weighted by Crippen LogP contribution is -1.91. The first-order valence-electron chi connectivity index (χ1n) is 7.32. The lowest BCUT2D eigenvalue weighted by Gasteiger charge is -2.18. The number of hydrogen-bond acceptors (Lipinski definition) is 7. The molecule has 1 aromatic carbocycles. The fraction of sp³-hybridized carbons (Fsp3) is 0.533. The molecule has 0 spiro atoms. The van der Waals surface area contributed by atoms with Crippen molar-refractivity contribution in [3.8, 4) is 0 Å². The molecule has 0 saturated heterocycles. The molecule has 0 fully saturated rings. The van der Waals surface area contributed by atoms with Gasteiger partial charge in [-0.05, 0) is 23.0 Å². The molecule has 0 aliphatic carbocycles. The fourth-order valence-electron chi connectivity index (χ4n) is 2.09. The molecule has 22 heavy (non-hydrogen) atoms. The highest BCUT2D eigenvalue weighted by molar-refractivity contribution is 8.05. The van der Waals surface area contributed by atoms with E-state index in [1.165, 1.54) is 29.0 Å². The van der Waals surface area contributed by atoms with Crippen molar-refractivity contribution in [3.63, 3.8) is 0 Å². The van der Waals surface area contributed by atoms with Gasteiger partial charge in [0.15, 0.2) is 0 Å². The van der Waals surface area contributed by atoms with Gasteiger partial charge in [-0.1, -0.05) is 39.9 Å². The monoisotopic (exact) mass is 424 g/mol. The molecule has 2 aromatic rings. The summed E-state index contributed by atoms with van der Waals surface area (Å²) in [5.74, 6) is 4.45. The van der Waals surface area contributed by atoms with Crippen molar-refractivity contribution in [1.82, 2.24) is 0 Å². The smallest absolute Gasteiger partial charge is 0.124 e. The van der Waals surface area contributed by atoms with Crippen LogP contribution in [0.3, 0.4) is 0 Å². The lowest BCUT2D eigenvalue weighted by molar-refractivity contribution is 1.08. The molecule has 0 nitrogen and oxygen atoms in total. The van der Waals surface area contributed by atoms with Gasteiger partial charge in [-0.3, -0.25) is 0 Å². The molecular formula is C15H20S7. The molecule has 1 heterocycles. The Hall–Kier alpha value is 1.15. The van der Waals surface area contributed by atoms with Crippen LogP contribution >= 0.6 is 81.9 Å². The van der Waals surface area contributed by atoms with Gasteiger partial charge in [-0.2, -0.15) is 0 Å². The third-order valence-corrected chi connectivity index (χ3v) is 10.0. The summed E-state index contributed by atoms with van der Waals surface area (Å²) in [5, 5.41) is 0. The third kappa shape index (κ3) is 4.21. The Kier molecular flexibility index (Phi) is 8.49. The van der Waals surface area contributed by atoms with Crippen LogP contribution in [0.4, 0.5) is 0 Å². The summed E-state index contributed by atoms with van der Waals surface area (Å²) in [6, 6.07) is 0. The predicted molar refractivity (Wildman–Crippen MR) is 116 cm³/mol. The van der Waals surface area contributed by atoms with Gasteiger partial charge < -0.3 is 0 Å². The number of benzene rings is 1. The molecule has 0 amide bonds. The number of hydrogen-bond donors (Lipinski definition) is 0. The average Bonchev–Trinajstić information content (AvgIpc) is 2.88. The van der Waals surface area contributed by atoms with Gasteiger partial charge in [-0.25, -0.2) is 0 Å². The van der Waals surface area contributed by atoms with Crippen molar-refractivity contribution in [2.24, 2.45) is 0 Å². The summed E-state index contributed by atoms with van der Waals surface area (Å²) in [6.45, 7) is 8.98. The molecule has 1 aromatic heterocycles. The minimum atomic E-state index is 1.05. The fourth-order valence-corrected chi connectivity index (χ4v) is 9.69. The number of thioether (sulfide) groups is 4. The molecular weight excluding hydrogens is 405 g/mol. The first kappa shape index (κ1) is 19.5. The minimum Gasteiger partial charge on any atom is -0.124 e. The second-order valence-electron chi connectivity index (χ2n) is 4.16. The highest BCUT2D eigenvalue weighted by Gasteiger charge is 2.21. The molecule has 122 valence electrons. The van der Waals surface area contributed by atoms with Gasteiger partial charge in [0.05, 0.1) is 9.40 Å². The number of rotatable bonds is 8. The van der Waals surface area contributed by atoms with Crippen molar-refractivity contribution in [2.45, 2.75) is 47.3 Å². The van der Waals surface area contributed by atoms with E-state index in [4.69, 9.17) is 12.2 Å². The Morgan fingerprint density at radius 3 is 1.27 bits per heavy atom.